The molecule has 1 fully saturated rings. The second-order valence-electron chi connectivity index (χ2n) is 6.37. The zero-order chi connectivity index (χ0) is 17.4. The zero-order valence-corrected chi connectivity index (χ0v) is 15.3. The maximum Gasteiger partial charge on any atom is 0.243 e. The Morgan fingerprint density at radius 2 is 1.68 bits per heavy atom. The lowest BCUT2D eigenvalue weighted by Gasteiger charge is -2.34. The highest BCUT2D eigenvalue weighted by Gasteiger charge is 2.29. The third kappa shape index (κ3) is 3.23. The van der Waals surface area contributed by atoms with Crippen molar-refractivity contribution in [2.75, 3.05) is 31.1 Å². The Kier molecular flexibility index (Phi) is 4.39. The van der Waals surface area contributed by atoms with E-state index in [0.717, 1.165) is 30.8 Å². The number of hydrogen-bond donors (Lipinski definition) is 0. The van der Waals surface area contributed by atoms with Gasteiger partial charge in [0.25, 0.3) is 0 Å². The summed E-state index contributed by atoms with van der Waals surface area (Å²) in [6, 6.07) is 8.42. The normalized spacial score (nSPS) is 18.4. The molecule has 0 unspecified atom stereocenters. The highest BCUT2D eigenvalue weighted by Crippen LogP contribution is 2.25. The van der Waals surface area contributed by atoms with Gasteiger partial charge in [0, 0.05) is 31.2 Å². The smallest absolute Gasteiger partial charge is 0.243 e. The molecule has 0 radical (unpaired) electrons. The van der Waals surface area contributed by atoms with Crippen LogP contribution in [-0.4, -0.2) is 49.1 Å². The minimum Gasteiger partial charge on any atom is -0.352 e. The molecule has 0 amide bonds. The van der Waals surface area contributed by atoms with Gasteiger partial charge in [-0.25, -0.2) is 8.42 Å². The standard InChI is InChI=1S/C17H19ClN4O2S/c18-14-4-6-15(7-5-14)25(23,24)22-10-8-21(9-11-22)17-12-13-2-1-3-16(13)19-20-17/h4-7,12H,1-3,8-11H2. The van der Waals surface area contributed by atoms with Gasteiger partial charge >= 0.3 is 0 Å². The van der Waals surface area contributed by atoms with E-state index in [4.69, 9.17) is 11.6 Å². The van der Waals surface area contributed by atoms with Crippen molar-refractivity contribution in [1.82, 2.24) is 14.5 Å². The van der Waals surface area contributed by atoms with Crippen molar-refractivity contribution in [3.63, 3.8) is 0 Å². The predicted octanol–water partition coefficient (Wildman–Crippen LogP) is 2.13. The monoisotopic (exact) mass is 378 g/mol. The van der Waals surface area contributed by atoms with E-state index in [9.17, 15) is 8.42 Å². The summed E-state index contributed by atoms with van der Waals surface area (Å²) in [5.74, 6) is 0.851. The first-order valence-electron chi connectivity index (χ1n) is 8.40. The van der Waals surface area contributed by atoms with Gasteiger partial charge in [0.1, 0.15) is 0 Å². The lowest BCUT2D eigenvalue weighted by molar-refractivity contribution is 0.383. The molecule has 1 aliphatic heterocycles. The number of hydrogen-bond acceptors (Lipinski definition) is 5. The quantitative estimate of drug-likeness (QED) is 0.818. The van der Waals surface area contributed by atoms with Crippen molar-refractivity contribution in [2.24, 2.45) is 0 Å². The Balaban J connectivity index is 1.47. The van der Waals surface area contributed by atoms with Crippen LogP contribution in [0, 0.1) is 0 Å². The summed E-state index contributed by atoms with van der Waals surface area (Å²) >= 11 is 5.85. The summed E-state index contributed by atoms with van der Waals surface area (Å²) in [5, 5.41) is 9.17. The van der Waals surface area contributed by atoms with Crippen LogP contribution in [0.1, 0.15) is 17.7 Å². The summed E-state index contributed by atoms with van der Waals surface area (Å²) in [5.41, 5.74) is 2.38. The summed E-state index contributed by atoms with van der Waals surface area (Å²) < 4.78 is 27.0. The van der Waals surface area contributed by atoms with Crippen molar-refractivity contribution < 1.29 is 8.42 Å². The van der Waals surface area contributed by atoms with E-state index >= 15 is 0 Å². The van der Waals surface area contributed by atoms with E-state index in [1.807, 2.05) is 0 Å². The third-order valence-electron chi connectivity index (χ3n) is 4.82. The van der Waals surface area contributed by atoms with Crippen molar-refractivity contribution in [2.45, 2.75) is 24.2 Å². The number of sulfonamides is 1. The number of halogens is 1. The number of benzene rings is 1. The topological polar surface area (TPSA) is 66.4 Å². The molecule has 0 spiro atoms. The average Bonchev–Trinajstić information content (AvgIpc) is 3.10. The highest BCUT2D eigenvalue weighted by molar-refractivity contribution is 7.89. The van der Waals surface area contributed by atoms with E-state index < -0.39 is 10.0 Å². The summed E-state index contributed by atoms with van der Waals surface area (Å²) in [7, 11) is -3.48. The Labute approximate surface area is 152 Å². The molecule has 2 aliphatic rings. The Bertz CT molecular complexity index is 878. The number of anilines is 1. The molecule has 1 aromatic carbocycles. The van der Waals surface area contributed by atoms with Crippen LogP contribution in [0.2, 0.25) is 5.02 Å². The second-order valence-corrected chi connectivity index (χ2v) is 8.75. The highest BCUT2D eigenvalue weighted by atomic mass is 35.5. The minimum absolute atomic E-state index is 0.280. The van der Waals surface area contributed by atoms with Crippen LogP contribution in [0.15, 0.2) is 35.2 Å². The van der Waals surface area contributed by atoms with Crippen molar-refractivity contribution in [1.29, 1.82) is 0 Å². The van der Waals surface area contributed by atoms with Gasteiger partial charge in [0.05, 0.1) is 10.6 Å². The molecule has 8 heteroatoms. The number of piperazine rings is 1. The molecular weight excluding hydrogens is 360 g/mol. The molecule has 0 atom stereocenters. The molecule has 132 valence electrons. The van der Waals surface area contributed by atoms with Gasteiger partial charge in [-0.05, 0) is 55.2 Å². The molecule has 6 nitrogen and oxygen atoms in total. The van der Waals surface area contributed by atoms with Crippen LogP contribution in [0.5, 0.6) is 0 Å². The number of rotatable bonds is 3. The first kappa shape index (κ1) is 16.8. The lowest BCUT2D eigenvalue weighted by Crippen LogP contribution is -2.49. The molecular formula is C17H19ClN4O2S. The van der Waals surface area contributed by atoms with Gasteiger partial charge in [0.15, 0.2) is 5.82 Å². The first-order chi connectivity index (χ1) is 12.0. The van der Waals surface area contributed by atoms with E-state index in [-0.39, 0.29) is 4.90 Å². The average molecular weight is 379 g/mol. The molecule has 2 heterocycles. The van der Waals surface area contributed by atoms with Gasteiger partial charge in [-0.15, -0.1) is 5.10 Å². The van der Waals surface area contributed by atoms with Crippen molar-refractivity contribution in [3.05, 3.63) is 46.6 Å². The fourth-order valence-corrected chi connectivity index (χ4v) is 4.93. The molecule has 0 bridgehead atoms. The number of aromatic nitrogens is 2. The summed E-state index contributed by atoms with van der Waals surface area (Å²) in [6.07, 6.45) is 3.21. The Morgan fingerprint density at radius 3 is 2.40 bits per heavy atom. The van der Waals surface area contributed by atoms with E-state index in [1.165, 1.54) is 9.87 Å². The van der Waals surface area contributed by atoms with E-state index in [1.54, 1.807) is 24.3 Å². The van der Waals surface area contributed by atoms with Gasteiger partial charge in [-0.1, -0.05) is 11.6 Å². The van der Waals surface area contributed by atoms with E-state index in [2.05, 4.69) is 21.2 Å². The zero-order valence-electron chi connectivity index (χ0n) is 13.7. The number of aryl methyl sites for hydroxylation is 2. The van der Waals surface area contributed by atoms with Crippen LogP contribution < -0.4 is 4.90 Å². The molecule has 1 saturated heterocycles. The van der Waals surface area contributed by atoms with Crippen LogP contribution in [0.25, 0.3) is 0 Å². The maximum absolute atomic E-state index is 12.7. The van der Waals surface area contributed by atoms with Gasteiger partial charge in [-0.2, -0.15) is 9.40 Å². The number of nitrogens with zero attached hydrogens (tertiary/aromatic N) is 4. The molecule has 25 heavy (non-hydrogen) atoms. The lowest BCUT2D eigenvalue weighted by atomic mass is 10.2. The molecule has 2 aromatic rings. The molecule has 1 aromatic heterocycles. The van der Waals surface area contributed by atoms with Gasteiger partial charge < -0.3 is 4.90 Å². The first-order valence-corrected chi connectivity index (χ1v) is 10.2. The largest absolute Gasteiger partial charge is 0.352 e. The Hall–Kier alpha value is -1.70. The van der Waals surface area contributed by atoms with Crippen LogP contribution in [0.4, 0.5) is 5.82 Å². The molecule has 1 aliphatic carbocycles. The molecule has 0 N–H and O–H groups in total. The Morgan fingerprint density at radius 1 is 0.960 bits per heavy atom. The van der Waals surface area contributed by atoms with Crippen molar-refractivity contribution in [3.8, 4) is 0 Å². The predicted molar refractivity (Wildman–Crippen MR) is 96.5 cm³/mol. The SMILES string of the molecule is O=S(=O)(c1ccc(Cl)cc1)N1CCN(c2cc3c(nn2)CCC3)CC1. The van der Waals surface area contributed by atoms with E-state index in [0.29, 0.717) is 31.2 Å². The number of fused-ring (bicyclic) bond motifs is 1. The van der Waals surface area contributed by atoms with Crippen LogP contribution >= 0.6 is 11.6 Å². The second kappa shape index (κ2) is 6.55. The minimum atomic E-state index is -3.48. The molecule has 0 saturated carbocycles. The fraction of sp³-hybridized carbons (Fsp3) is 0.412. The van der Waals surface area contributed by atoms with Crippen molar-refractivity contribution >= 4 is 27.4 Å². The van der Waals surface area contributed by atoms with Crippen LogP contribution in [-0.2, 0) is 22.9 Å². The van der Waals surface area contributed by atoms with Gasteiger partial charge in [0.2, 0.25) is 10.0 Å². The summed E-state index contributed by atoms with van der Waals surface area (Å²) in [6.45, 7) is 2.09. The maximum atomic E-state index is 12.7. The molecule has 4 rings (SSSR count). The fourth-order valence-electron chi connectivity index (χ4n) is 3.38. The van der Waals surface area contributed by atoms with Gasteiger partial charge in [-0.3, -0.25) is 0 Å². The van der Waals surface area contributed by atoms with Crippen LogP contribution in [0.3, 0.4) is 0 Å². The summed E-state index contributed by atoms with van der Waals surface area (Å²) in [4.78, 5) is 2.39. The third-order valence-corrected chi connectivity index (χ3v) is 6.99.